The summed E-state index contributed by atoms with van der Waals surface area (Å²) in [5, 5.41) is 10.8. The molecule has 0 bridgehead atoms. The summed E-state index contributed by atoms with van der Waals surface area (Å²) in [5.41, 5.74) is 1.38. The fraction of sp³-hybridized carbons (Fsp3) is 0.438. The minimum absolute atomic E-state index is 0.513. The Morgan fingerprint density at radius 2 is 2.00 bits per heavy atom. The molecule has 3 heteroatoms. The Hall–Kier alpha value is -1.61. The van der Waals surface area contributed by atoms with E-state index in [1.807, 2.05) is 18.2 Å². The summed E-state index contributed by atoms with van der Waals surface area (Å²) in [5.74, 6) is 0. The van der Waals surface area contributed by atoms with E-state index >= 15 is 0 Å². The number of aryl methyl sites for hydroxylation is 1. The molecule has 0 amide bonds. The zero-order chi connectivity index (χ0) is 13.3. The van der Waals surface area contributed by atoms with Crippen LogP contribution in [-0.4, -0.2) is 14.7 Å². The fourth-order valence-electron chi connectivity index (χ4n) is 3.14. The highest BCUT2D eigenvalue weighted by Gasteiger charge is 2.36. The zero-order valence-electron chi connectivity index (χ0n) is 11.3. The first-order valence-corrected chi connectivity index (χ1v) is 6.96. The maximum absolute atomic E-state index is 10.8. The second-order valence-electron chi connectivity index (χ2n) is 5.53. The van der Waals surface area contributed by atoms with Crippen LogP contribution in [-0.2, 0) is 5.60 Å². The van der Waals surface area contributed by atoms with Gasteiger partial charge in [0.1, 0.15) is 5.60 Å². The van der Waals surface area contributed by atoms with Gasteiger partial charge in [-0.3, -0.25) is 4.98 Å². The van der Waals surface area contributed by atoms with Crippen molar-refractivity contribution in [2.24, 2.45) is 0 Å². The Kier molecular flexibility index (Phi) is 3.15. The second-order valence-corrected chi connectivity index (χ2v) is 5.53. The second kappa shape index (κ2) is 4.82. The maximum atomic E-state index is 10.8. The molecule has 0 aromatic carbocycles. The smallest absolute Gasteiger partial charge is 0.107 e. The summed E-state index contributed by atoms with van der Waals surface area (Å²) >= 11 is 0. The number of rotatable bonds is 2. The van der Waals surface area contributed by atoms with Gasteiger partial charge in [-0.1, -0.05) is 6.07 Å². The molecule has 2 aromatic heterocycles. The first-order valence-electron chi connectivity index (χ1n) is 6.96. The molecule has 2 aromatic rings. The molecule has 100 valence electrons. The molecule has 0 unspecified atom stereocenters. The number of nitrogens with zero attached hydrogens (tertiary/aromatic N) is 2. The first kappa shape index (κ1) is 12.4. The molecule has 1 saturated carbocycles. The van der Waals surface area contributed by atoms with Gasteiger partial charge >= 0.3 is 0 Å². The number of hydrogen-bond donors (Lipinski definition) is 1. The van der Waals surface area contributed by atoms with Crippen molar-refractivity contribution in [2.75, 3.05) is 0 Å². The molecule has 1 N–H and O–H groups in total. The summed E-state index contributed by atoms with van der Waals surface area (Å²) in [6.45, 7) is 2.14. The average molecular weight is 256 g/mol. The third-order valence-electron chi connectivity index (χ3n) is 4.31. The van der Waals surface area contributed by atoms with Crippen molar-refractivity contribution >= 4 is 0 Å². The van der Waals surface area contributed by atoms with Gasteiger partial charge in [0.2, 0.25) is 0 Å². The van der Waals surface area contributed by atoms with E-state index in [1.54, 1.807) is 6.20 Å². The molecule has 0 aliphatic heterocycles. The number of aromatic nitrogens is 2. The van der Waals surface area contributed by atoms with Gasteiger partial charge in [-0.15, -0.1) is 0 Å². The van der Waals surface area contributed by atoms with Crippen LogP contribution in [0.25, 0.3) is 0 Å². The molecule has 1 aliphatic rings. The number of hydrogen-bond acceptors (Lipinski definition) is 2. The lowest BCUT2D eigenvalue weighted by molar-refractivity contribution is -0.0162. The summed E-state index contributed by atoms with van der Waals surface area (Å²) in [6, 6.07) is 10.5. The van der Waals surface area contributed by atoms with Crippen molar-refractivity contribution < 1.29 is 5.11 Å². The highest BCUT2D eigenvalue weighted by molar-refractivity contribution is 5.15. The third-order valence-corrected chi connectivity index (χ3v) is 4.31. The molecule has 3 rings (SSSR count). The Labute approximate surface area is 113 Å². The predicted molar refractivity (Wildman–Crippen MR) is 74.8 cm³/mol. The molecular weight excluding hydrogens is 236 g/mol. The van der Waals surface area contributed by atoms with Crippen molar-refractivity contribution in [3.8, 4) is 0 Å². The first-order chi connectivity index (χ1) is 9.19. The Morgan fingerprint density at radius 1 is 1.21 bits per heavy atom. The molecule has 1 fully saturated rings. The third kappa shape index (κ3) is 2.30. The molecular formula is C16H20N2O. The van der Waals surface area contributed by atoms with Gasteiger partial charge in [-0.05, 0) is 56.9 Å². The van der Waals surface area contributed by atoms with Gasteiger partial charge in [0.05, 0.1) is 5.69 Å². The molecule has 3 nitrogen and oxygen atoms in total. The van der Waals surface area contributed by atoms with Crippen LogP contribution in [0, 0.1) is 6.92 Å². The van der Waals surface area contributed by atoms with E-state index in [9.17, 15) is 5.11 Å². The van der Waals surface area contributed by atoms with Gasteiger partial charge in [0, 0.05) is 24.1 Å². The Morgan fingerprint density at radius 3 is 2.58 bits per heavy atom. The van der Waals surface area contributed by atoms with Gasteiger partial charge in [-0.25, -0.2) is 0 Å². The van der Waals surface area contributed by atoms with E-state index in [-0.39, 0.29) is 0 Å². The van der Waals surface area contributed by atoms with Crippen LogP contribution in [0.2, 0.25) is 0 Å². The largest absolute Gasteiger partial charge is 0.384 e. The molecule has 0 saturated heterocycles. The summed E-state index contributed by atoms with van der Waals surface area (Å²) in [7, 11) is 0. The fourth-order valence-corrected chi connectivity index (χ4v) is 3.14. The van der Waals surface area contributed by atoms with E-state index in [1.165, 1.54) is 5.69 Å². The summed E-state index contributed by atoms with van der Waals surface area (Å²) in [6.07, 6.45) is 7.48. The van der Waals surface area contributed by atoms with Crippen LogP contribution in [0.5, 0.6) is 0 Å². The van der Waals surface area contributed by atoms with E-state index in [0.717, 1.165) is 31.4 Å². The van der Waals surface area contributed by atoms with Crippen molar-refractivity contribution in [1.29, 1.82) is 0 Å². The molecule has 0 spiro atoms. The lowest BCUT2D eigenvalue weighted by Gasteiger charge is -2.36. The van der Waals surface area contributed by atoms with E-state index in [2.05, 4.69) is 34.8 Å². The summed E-state index contributed by atoms with van der Waals surface area (Å²) in [4.78, 5) is 4.32. The molecule has 0 radical (unpaired) electrons. The van der Waals surface area contributed by atoms with Crippen molar-refractivity contribution in [3.63, 3.8) is 0 Å². The van der Waals surface area contributed by atoms with Crippen LogP contribution in [0.4, 0.5) is 0 Å². The van der Waals surface area contributed by atoms with Crippen LogP contribution >= 0.6 is 0 Å². The number of aliphatic hydroxyl groups is 1. The topological polar surface area (TPSA) is 38.0 Å². The summed E-state index contributed by atoms with van der Waals surface area (Å²) < 4.78 is 2.33. The Bertz CT molecular complexity index is 539. The average Bonchev–Trinajstić information content (AvgIpc) is 2.87. The van der Waals surface area contributed by atoms with Gasteiger partial charge in [-0.2, -0.15) is 0 Å². The monoisotopic (exact) mass is 256 g/mol. The van der Waals surface area contributed by atoms with Crippen molar-refractivity contribution in [2.45, 2.75) is 44.2 Å². The molecule has 1 aliphatic carbocycles. The zero-order valence-corrected chi connectivity index (χ0v) is 11.3. The van der Waals surface area contributed by atoms with E-state index < -0.39 is 5.60 Å². The maximum Gasteiger partial charge on any atom is 0.107 e. The molecule has 2 heterocycles. The van der Waals surface area contributed by atoms with Crippen LogP contribution in [0.1, 0.15) is 43.1 Å². The van der Waals surface area contributed by atoms with Crippen LogP contribution < -0.4 is 0 Å². The molecule has 19 heavy (non-hydrogen) atoms. The highest BCUT2D eigenvalue weighted by atomic mass is 16.3. The highest BCUT2D eigenvalue weighted by Crippen LogP contribution is 2.40. The van der Waals surface area contributed by atoms with Crippen LogP contribution in [0.3, 0.4) is 0 Å². The van der Waals surface area contributed by atoms with Crippen LogP contribution in [0.15, 0.2) is 42.7 Å². The normalized spacial score (nSPS) is 27.4. The predicted octanol–water partition coefficient (Wildman–Crippen LogP) is 3.19. The minimum atomic E-state index is -0.737. The van der Waals surface area contributed by atoms with E-state index in [4.69, 9.17) is 0 Å². The standard InChI is InChI=1S/C16H20N2O/c1-13-5-4-12-18(13)14-7-9-16(19,10-8-14)15-6-2-3-11-17-15/h2-6,11-12,14,19H,7-10H2,1H3. The van der Waals surface area contributed by atoms with Gasteiger partial charge in [0.15, 0.2) is 0 Å². The van der Waals surface area contributed by atoms with Gasteiger partial charge < -0.3 is 9.67 Å². The lowest BCUT2D eigenvalue weighted by atomic mass is 9.79. The number of pyridine rings is 1. The quantitative estimate of drug-likeness (QED) is 0.896. The van der Waals surface area contributed by atoms with Crippen molar-refractivity contribution in [3.05, 3.63) is 54.1 Å². The van der Waals surface area contributed by atoms with Crippen molar-refractivity contribution in [1.82, 2.24) is 9.55 Å². The van der Waals surface area contributed by atoms with Gasteiger partial charge in [0.25, 0.3) is 0 Å². The lowest BCUT2D eigenvalue weighted by Crippen LogP contribution is -2.33. The van der Waals surface area contributed by atoms with E-state index in [0.29, 0.717) is 6.04 Å². The minimum Gasteiger partial charge on any atom is -0.384 e. The SMILES string of the molecule is Cc1cccn1C1CCC(O)(c2ccccn2)CC1. The Balaban J connectivity index is 1.75. The molecule has 0 atom stereocenters.